The van der Waals surface area contributed by atoms with Crippen molar-refractivity contribution in [2.24, 2.45) is 0 Å². The molecular formula is C12H28NO+. The SMILES string of the molecule is CCC[N+](CCC)(CCC)C(C)OC. The third-order valence-corrected chi connectivity index (χ3v) is 3.12. The van der Waals surface area contributed by atoms with E-state index in [1.54, 1.807) is 0 Å². The molecule has 2 heteroatoms. The van der Waals surface area contributed by atoms with E-state index in [0.717, 1.165) is 4.48 Å². The summed E-state index contributed by atoms with van der Waals surface area (Å²) in [6, 6.07) is 0. The molecule has 1 unspecified atom stereocenters. The first-order chi connectivity index (χ1) is 6.66. The number of nitrogens with zero attached hydrogens (tertiary/aromatic N) is 1. The summed E-state index contributed by atoms with van der Waals surface area (Å²) in [6.45, 7) is 12.7. The molecule has 0 aromatic heterocycles. The van der Waals surface area contributed by atoms with Crippen LogP contribution in [-0.2, 0) is 4.74 Å². The maximum Gasteiger partial charge on any atom is 0.190 e. The standard InChI is InChI=1S/C12H28NO/c1-6-9-13(10-7-2,11-8-3)12(4)14-5/h12H,6-11H2,1-5H3/q+1. The minimum atomic E-state index is 0.342. The van der Waals surface area contributed by atoms with E-state index in [1.807, 2.05) is 7.11 Å². The molecule has 0 saturated heterocycles. The Balaban J connectivity index is 4.53. The van der Waals surface area contributed by atoms with E-state index in [-0.39, 0.29) is 0 Å². The van der Waals surface area contributed by atoms with Gasteiger partial charge in [0.15, 0.2) is 6.23 Å². The fourth-order valence-electron chi connectivity index (χ4n) is 2.44. The van der Waals surface area contributed by atoms with Crippen LogP contribution in [0.5, 0.6) is 0 Å². The summed E-state index contributed by atoms with van der Waals surface area (Å²) in [7, 11) is 1.83. The summed E-state index contributed by atoms with van der Waals surface area (Å²) >= 11 is 0. The molecule has 0 N–H and O–H groups in total. The van der Waals surface area contributed by atoms with Gasteiger partial charge in [-0.1, -0.05) is 20.8 Å². The summed E-state index contributed by atoms with van der Waals surface area (Å²) in [5.74, 6) is 0. The van der Waals surface area contributed by atoms with Gasteiger partial charge in [-0.25, -0.2) is 0 Å². The third-order valence-electron chi connectivity index (χ3n) is 3.12. The largest absolute Gasteiger partial charge is 0.333 e. The lowest BCUT2D eigenvalue weighted by molar-refractivity contribution is -0.969. The summed E-state index contributed by atoms with van der Waals surface area (Å²) in [4.78, 5) is 0. The summed E-state index contributed by atoms with van der Waals surface area (Å²) in [6.07, 6.45) is 4.07. The van der Waals surface area contributed by atoms with E-state index < -0.39 is 0 Å². The van der Waals surface area contributed by atoms with Gasteiger partial charge in [0.1, 0.15) is 0 Å². The summed E-state index contributed by atoms with van der Waals surface area (Å²) < 4.78 is 6.68. The number of ether oxygens (including phenoxy) is 1. The zero-order valence-corrected chi connectivity index (χ0v) is 10.7. The van der Waals surface area contributed by atoms with Crippen molar-refractivity contribution in [2.45, 2.75) is 53.2 Å². The van der Waals surface area contributed by atoms with E-state index in [0.29, 0.717) is 6.23 Å². The normalized spacial score (nSPS) is 14.4. The average molecular weight is 202 g/mol. The van der Waals surface area contributed by atoms with Crippen molar-refractivity contribution in [1.29, 1.82) is 0 Å². The highest BCUT2D eigenvalue weighted by Crippen LogP contribution is 2.17. The van der Waals surface area contributed by atoms with Gasteiger partial charge < -0.3 is 4.74 Å². The smallest absolute Gasteiger partial charge is 0.190 e. The van der Waals surface area contributed by atoms with E-state index in [9.17, 15) is 0 Å². The molecule has 0 aliphatic carbocycles. The quantitative estimate of drug-likeness (QED) is 0.434. The molecule has 0 aromatic carbocycles. The topological polar surface area (TPSA) is 9.23 Å². The molecule has 0 rings (SSSR count). The van der Waals surface area contributed by atoms with Crippen LogP contribution < -0.4 is 0 Å². The van der Waals surface area contributed by atoms with Crippen LogP contribution in [0.4, 0.5) is 0 Å². The predicted octanol–water partition coefficient (Wildman–Crippen LogP) is 3.03. The highest BCUT2D eigenvalue weighted by molar-refractivity contribution is 4.46. The van der Waals surface area contributed by atoms with Gasteiger partial charge in [0.2, 0.25) is 0 Å². The van der Waals surface area contributed by atoms with E-state index >= 15 is 0 Å². The van der Waals surface area contributed by atoms with Crippen LogP contribution in [0.2, 0.25) is 0 Å². The molecule has 0 amide bonds. The molecule has 0 spiro atoms. The molecule has 0 bridgehead atoms. The van der Waals surface area contributed by atoms with Crippen LogP contribution in [0.25, 0.3) is 0 Å². The Bertz CT molecular complexity index is 119. The van der Waals surface area contributed by atoms with E-state index in [1.165, 1.54) is 38.9 Å². The van der Waals surface area contributed by atoms with Crippen molar-refractivity contribution in [3.63, 3.8) is 0 Å². The number of quaternary nitrogens is 1. The lowest BCUT2D eigenvalue weighted by Gasteiger charge is -2.42. The van der Waals surface area contributed by atoms with Gasteiger partial charge in [-0.2, -0.15) is 0 Å². The van der Waals surface area contributed by atoms with Crippen LogP contribution in [0.1, 0.15) is 47.0 Å². The zero-order valence-electron chi connectivity index (χ0n) is 10.7. The number of methoxy groups -OCH3 is 1. The van der Waals surface area contributed by atoms with Crippen LogP contribution in [-0.4, -0.2) is 37.5 Å². The number of rotatable bonds is 8. The van der Waals surface area contributed by atoms with Gasteiger partial charge in [0.25, 0.3) is 0 Å². The summed E-state index contributed by atoms with van der Waals surface area (Å²) in [5, 5.41) is 0. The molecule has 0 fully saturated rings. The maximum atomic E-state index is 5.55. The second-order valence-electron chi connectivity index (χ2n) is 4.22. The van der Waals surface area contributed by atoms with Gasteiger partial charge in [-0.3, -0.25) is 4.48 Å². The van der Waals surface area contributed by atoms with Crippen LogP contribution in [0.15, 0.2) is 0 Å². The fourth-order valence-corrected chi connectivity index (χ4v) is 2.44. The molecule has 0 saturated carbocycles. The van der Waals surface area contributed by atoms with Crippen molar-refractivity contribution < 1.29 is 9.22 Å². The number of hydrogen-bond donors (Lipinski definition) is 0. The highest BCUT2D eigenvalue weighted by Gasteiger charge is 2.31. The Morgan fingerprint density at radius 1 is 0.929 bits per heavy atom. The Morgan fingerprint density at radius 3 is 1.50 bits per heavy atom. The van der Waals surface area contributed by atoms with Crippen molar-refractivity contribution in [3.8, 4) is 0 Å². The minimum absolute atomic E-state index is 0.342. The van der Waals surface area contributed by atoms with Gasteiger partial charge in [0, 0.05) is 14.0 Å². The van der Waals surface area contributed by atoms with Crippen LogP contribution in [0.3, 0.4) is 0 Å². The maximum absolute atomic E-state index is 5.55. The van der Waals surface area contributed by atoms with Gasteiger partial charge >= 0.3 is 0 Å². The molecule has 0 aromatic rings. The third kappa shape index (κ3) is 3.58. The van der Waals surface area contributed by atoms with Crippen LogP contribution in [0, 0.1) is 0 Å². The Labute approximate surface area is 89.8 Å². The Hall–Kier alpha value is -0.0800. The molecule has 0 aliphatic rings. The molecule has 0 aliphatic heterocycles. The molecule has 0 heterocycles. The molecule has 14 heavy (non-hydrogen) atoms. The van der Waals surface area contributed by atoms with Crippen molar-refractivity contribution in [3.05, 3.63) is 0 Å². The van der Waals surface area contributed by atoms with Crippen molar-refractivity contribution in [1.82, 2.24) is 0 Å². The van der Waals surface area contributed by atoms with Crippen molar-refractivity contribution >= 4 is 0 Å². The molecule has 86 valence electrons. The second kappa shape index (κ2) is 7.24. The first-order valence-electron chi connectivity index (χ1n) is 6.05. The first-order valence-corrected chi connectivity index (χ1v) is 6.05. The van der Waals surface area contributed by atoms with Gasteiger partial charge in [-0.15, -0.1) is 0 Å². The highest BCUT2D eigenvalue weighted by atomic mass is 16.5. The van der Waals surface area contributed by atoms with E-state index in [2.05, 4.69) is 27.7 Å². The van der Waals surface area contributed by atoms with Crippen molar-refractivity contribution in [2.75, 3.05) is 26.7 Å². The molecule has 0 radical (unpaired) electrons. The summed E-state index contributed by atoms with van der Waals surface area (Å²) in [5.41, 5.74) is 0. The van der Waals surface area contributed by atoms with Crippen LogP contribution >= 0.6 is 0 Å². The molecular weight excluding hydrogens is 174 g/mol. The Kier molecular flexibility index (Phi) is 7.20. The van der Waals surface area contributed by atoms with E-state index in [4.69, 9.17) is 4.74 Å². The number of hydrogen-bond acceptors (Lipinski definition) is 1. The van der Waals surface area contributed by atoms with Gasteiger partial charge in [-0.05, 0) is 19.3 Å². The average Bonchev–Trinajstić information content (AvgIpc) is 2.17. The lowest BCUT2D eigenvalue weighted by Crippen LogP contribution is -2.56. The first kappa shape index (κ1) is 13.9. The molecule has 2 nitrogen and oxygen atoms in total. The molecule has 1 atom stereocenters. The monoisotopic (exact) mass is 202 g/mol. The lowest BCUT2D eigenvalue weighted by atomic mass is 10.2. The second-order valence-corrected chi connectivity index (χ2v) is 4.22. The zero-order chi connectivity index (χ0) is 11.0. The Morgan fingerprint density at radius 2 is 1.29 bits per heavy atom. The minimum Gasteiger partial charge on any atom is -0.333 e. The van der Waals surface area contributed by atoms with Gasteiger partial charge in [0.05, 0.1) is 19.6 Å². The fraction of sp³-hybridized carbons (Fsp3) is 1.00. The predicted molar refractivity (Wildman–Crippen MR) is 62.2 cm³/mol.